The maximum atomic E-state index is 13.9. The molecule has 3 aromatic rings. The third-order valence-corrected chi connectivity index (χ3v) is 7.21. The summed E-state index contributed by atoms with van der Waals surface area (Å²) in [5.74, 6) is -0.805. The molecule has 9 heteroatoms. The van der Waals surface area contributed by atoms with Crippen molar-refractivity contribution in [3.8, 4) is 0 Å². The van der Waals surface area contributed by atoms with Gasteiger partial charge in [0.15, 0.2) is 0 Å². The first-order valence-electron chi connectivity index (χ1n) is 12.0. The van der Waals surface area contributed by atoms with Gasteiger partial charge in [-0.05, 0) is 43.2 Å². The molecule has 0 aromatic heterocycles. The normalized spacial score (nSPS) is 12.0. The molecule has 0 aliphatic heterocycles. The van der Waals surface area contributed by atoms with E-state index in [1.165, 1.54) is 11.0 Å². The van der Waals surface area contributed by atoms with Gasteiger partial charge in [0.2, 0.25) is 21.8 Å². The number of aryl methyl sites for hydroxylation is 1. The molecular weight excluding hydrogens is 510 g/mol. The minimum absolute atomic E-state index is 0.141. The largest absolute Gasteiger partial charge is 0.355 e. The summed E-state index contributed by atoms with van der Waals surface area (Å²) in [6.07, 6.45) is 1.32. The van der Waals surface area contributed by atoms with E-state index in [1.807, 2.05) is 68.4 Å². The van der Waals surface area contributed by atoms with E-state index in [9.17, 15) is 18.0 Å². The summed E-state index contributed by atoms with van der Waals surface area (Å²) >= 11 is 6.11. The van der Waals surface area contributed by atoms with Crippen molar-refractivity contribution in [3.05, 3.63) is 101 Å². The first kappa shape index (κ1) is 28.2. The Morgan fingerprint density at radius 1 is 0.946 bits per heavy atom. The van der Waals surface area contributed by atoms with Crippen LogP contribution in [0, 0.1) is 6.92 Å². The molecule has 196 valence electrons. The first-order valence-corrected chi connectivity index (χ1v) is 14.2. The molecule has 0 spiro atoms. The van der Waals surface area contributed by atoms with E-state index in [1.54, 1.807) is 18.2 Å². The van der Waals surface area contributed by atoms with Gasteiger partial charge in [0.05, 0.1) is 11.9 Å². The van der Waals surface area contributed by atoms with Gasteiger partial charge in [-0.25, -0.2) is 8.42 Å². The van der Waals surface area contributed by atoms with E-state index in [0.717, 1.165) is 27.3 Å². The number of hydrogen-bond acceptors (Lipinski definition) is 4. The van der Waals surface area contributed by atoms with Crippen LogP contribution in [0.1, 0.15) is 23.6 Å². The molecule has 3 aromatic carbocycles. The zero-order valence-corrected chi connectivity index (χ0v) is 22.8. The van der Waals surface area contributed by atoms with Crippen molar-refractivity contribution in [2.75, 3.05) is 23.7 Å². The quantitative estimate of drug-likeness (QED) is 0.394. The number of anilines is 1. The Hall–Kier alpha value is -3.36. The summed E-state index contributed by atoms with van der Waals surface area (Å²) in [7, 11) is -3.83. The summed E-state index contributed by atoms with van der Waals surface area (Å²) in [6.45, 7) is 3.83. The number of sulfonamides is 1. The molecule has 0 aliphatic carbocycles. The van der Waals surface area contributed by atoms with Crippen LogP contribution in [0.3, 0.4) is 0 Å². The Morgan fingerprint density at radius 2 is 1.62 bits per heavy atom. The van der Waals surface area contributed by atoms with Crippen LogP contribution in [0.4, 0.5) is 5.69 Å². The van der Waals surface area contributed by atoms with E-state index in [-0.39, 0.29) is 24.6 Å². The molecule has 0 radical (unpaired) electrons. The van der Waals surface area contributed by atoms with E-state index in [0.29, 0.717) is 11.6 Å². The topological polar surface area (TPSA) is 86.8 Å². The molecule has 37 heavy (non-hydrogen) atoms. The van der Waals surface area contributed by atoms with Gasteiger partial charge in [-0.3, -0.25) is 13.9 Å². The Kier molecular flexibility index (Phi) is 9.72. The minimum Gasteiger partial charge on any atom is -0.355 e. The second-order valence-electron chi connectivity index (χ2n) is 8.86. The molecule has 0 bridgehead atoms. The fourth-order valence-electron chi connectivity index (χ4n) is 4.10. The summed E-state index contributed by atoms with van der Waals surface area (Å²) in [4.78, 5) is 28.7. The smallest absolute Gasteiger partial charge is 0.244 e. The van der Waals surface area contributed by atoms with Crippen LogP contribution in [0.2, 0.25) is 5.02 Å². The van der Waals surface area contributed by atoms with Crippen molar-refractivity contribution in [3.63, 3.8) is 0 Å². The van der Waals surface area contributed by atoms with Crippen molar-refractivity contribution in [2.45, 2.75) is 32.9 Å². The number of carbonyl (C=O) groups excluding carboxylic acids is 2. The highest BCUT2D eigenvalue weighted by Crippen LogP contribution is 2.23. The van der Waals surface area contributed by atoms with E-state index in [2.05, 4.69) is 5.32 Å². The molecule has 3 rings (SSSR count). The van der Waals surface area contributed by atoms with Crippen LogP contribution in [0.15, 0.2) is 78.9 Å². The molecule has 1 atom stereocenters. The van der Waals surface area contributed by atoms with Crippen molar-refractivity contribution in [2.24, 2.45) is 0 Å². The summed E-state index contributed by atoms with van der Waals surface area (Å²) in [5.41, 5.74) is 3.01. The maximum Gasteiger partial charge on any atom is 0.244 e. The van der Waals surface area contributed by atoms with Gasteiger partial charge in [-0.1, -0.05) is 77.8 Å². The highest BCUT2D eigenvalue weighted by molar-refractivity contribution is 7.92. The fourth-order valence-corrected chi connectivity index (χ4v) is 5.12. The number of rotatable bonds is 11. The van der Waals surface area contributed by atoms with Gasteiger partial charge in [0, 0.05) is 24.5 Å². The second kappa shape index (κ2) is 12.7. The van der Waals surface area contributed by atoms with Crippen LogP contribution in [-0.2, 0) is 32.6 Å². The fraction of sp³-hybridized carbons (Fsp3) is 0.286. The lowest BCUT2D eigenvalue weighted by molar-refractivity contribution is -0.140. The lowest BCUT2D eigenvalue weighted by atomic mass is 10.0. The predicted octanol–water partition coefficient (Wildman–Crippen LogP) is 4.19. The number of nitrogens with zero attached hydrogens (tertiary/aromatic N) is 2. The second-order valence-corrected chi connectivity index (χ2v) is 11.2. The van der Waals surface area contributed by atoms with E-state index < -0.39 is 28.5 Å². The predicted molar refractivity (Wildman–Crippen MR) is 148 cm³/mol. The molecule has 0 saturated heterocycles. The van der Waals surface area contributed by atoms with E-state index >= 15 is 0 Å². The number of nitrogens with one attached hydrogen (secondary N) is 1. The summed E-state index contributed by atoms with van der Waals surface area (Å²) in [5, 5.41) is 3.19. The Morgan fingerprint density at radius 3 is 2.24 bits per heavy atom. The van der Waals surface area contributed by atoms with Crippen molar-refractivity contribution in [1.29, 1.82) is 0 Å². The van der Waals surface area contributed by atoms with Crippen LogP contribution >= 0.6 is 11.6 Å². The SMILES string of the molecule is CCNC(=O)C(Cc1ccccc1)N(Cc1cccc(C)c1)C(=O)CN(c1cccc(Cl)c1)S(C)(=O)=O. The molecule has 0 saturated carbocycles. The minimum atomic E-state index is -3.83. The standard InChI is InChI=1S/C28H32ClN3O4S/c1-4-30-28(34)26(17-22-11-6-5-7-12-22)31(19-23-13-8-10-21(2)16-23)27(33)20-32(37(3,35)36)25-15-9-14-24(29)18-25/h5-16,18,26H,4,17,19-20H2,1-3H3,(H,30,34). The molecule has 1 N–H and O–H groups in total. The van der Waals surface area contributed by atoms with Gasteiger partial charge >= 0.3 is 0 Å². The lowest BCUT2D eigenvalue weighted by Crippen LogP contribution is -2.53. The van der Waals surface area contributed by atoms with Crippen LogP contribution < -0.4 is 9.62 Å². The molecule has 0 heterocycles. The summed E-state index contributed by atoms with van der Waals surface area (Å²) in [6, 6.07) is 22.6. The average Bonchev–Trinajstić information content (AvgIpc) is 2.84. The highest BCUT2D eigenvalue weighted by atomic mass is 35.5. The highest BCUT2D eigenvalue weighted by Gasteiger charge is 2.32. The van der Waals surface area contributed by atoms with Crippen molar-refractivity contribution < 1.29 is 18.0 Å². The van der Waals surface area contributed by atoms with Gasteiger partial charge < -0.3 is 10.2 Å². The molecule has 0 fully saturated rings. The molecule has 1 unspecified atom stereocenters. The Labute approximate surface area is 224 Å². The molecule has 0 aliphatic rings. The zero-order chi connectivity index (χ0) is 27.0. The monoisotopic (exact) mass is 541 g/mol. The third-order valence-electron chi connectivity index (χ3n) is 5.83. The summed E-state index contributed by atoms with van der Waals surface area (Å²) < 4.78 is 26.5. The van der Waals surface area contributed by atoms with Crippen molar-refractivity contribution in [1.82, 2.24) is 10.2 Å². The van der Waals surface area contributed by atoms with Gasteiger partial charge in [-0.15, -0.1) is 0 Å². The third kappa shape index (κ3) is 8.06. The maximum absolute atomic E-state index is 13.9. The molecule has 7 nitrogen and oxygen atoms in total. The lowest BCUT2D eigenvalue weighted by Gasteiger charge is -2.33. The number of benzene rings is 3. The number of hydrogen-bond donors (Lipinski definition) is 1. The van der Waals surface area contributed by atoms with Gasteiger partial charge in [0.25, 0.3) is 0 Å². The van der Waals surface area contributed by atoms with Crippen LogP contribution in [-0.4, -0.2) is 50.5 Å². The Balaban J connectivity index is 2.04. The molecule has 2 amide bonds. The van der Waals surface area contributed by atoms with Gasteiger partial charge in [-0.2, -0.15) is 0 Å². The Bertz CT molecular complexity index is 1330. The number of halogens is 1. The molecular formula is C28H32ClN3O4S. The van der Waals surface area contributed by atoms with E-state index in [4.69, 9.17) is 11.6 Å². The number of likely N-dealkylation sites (N-methyl/N-ethyl adjacent to an activating group) is 1. The number of carbonyl (C=O) groups is 2. The van der Waals surface area contributed by atoms with Gasteiger partial charge in [0.1, 0.15) is 12.6 Å². The number of amides is 2. The van der Waals surface area contributed by atoms with Crippen molar-refractivity contribution >= 4 is 39.1 Å². The van der Waals surface area contributed by atoms with Crippen LogP contribution in [0.5, 0.6) is 0 Å². The average molecular weight is 542 g/mol. The van der Waals surface area contributed by atoms with Crippen LogP contribution in [0.25, 0.3) is 0 Å². The zero-order valence-electron chi connectivity index (χ0n) is 21.2. The first-order chi connectivity index (χ1) is 17.6.